The minimum atomic E-state index is -4.54. The Bertz CT molecular complexity index is 1940. The summed E-state index contributed by atoms with van der Waals surface area (Å²) >= 11 is 7.58. The third kappa shape index (κ3) is 4.59. The van der Waals surface area contributed by atoms with E-state index in [1.807, 2.05) is 12.1 Å². The number of benzene rings is 2. The first-order chi connectivity index (χ1) is 20.2. The molecule has 0 saturated carbocycles. The van der Waals surface area contributed by atoms with Crippen LogP contribution in [-0.4, -0.2) is 36.9 Å². The SMILES string of the molecule is Cc1ccsc1C1(OC(=O)NCCc2ccncc2)C(=O)N(S(=O)(=O)c2cccc3cccnc23)c2ccc(Cl)cc21. The lowest BCUT2D eigenvalue weighted by Gasteiger charge is -2.28. The average molecular weight is 619 g/mol. The Balaban J connectivity index is 1.46. The van der Waals surface area contributed by atoms with Gasteiger partial charge < -0.3 is 10.1 Å². The number of sulfonamides is 1. The summed E-state index contributed by atoms with van der Waals surface area (Å²) in [4.78, 5) is 36.4. The summed E-state index contributed by atoms with van der Waals surface area (Å²) in [5.41, 5.74) is -0.118. The molecule has 2 aromatic carbocycles. The lowest BCUT2D eigenvalue weighted by Crippen LogP contribution is -2.48. The summed E-state index contributed by atoms with van der Waals surface area (Å²) in [6.45, 7) is 1.98. The molecule has 5 aromatic rings. The minimum Gasteiger partial charge on any atom is -0.422 e. The van der Waals surface area contributed by atoms with Crippen LogP contribution in [0.3, 0.4) is 0 Å². The van der Waals surface area contributed by atoms with E-state index in [0.29, 0.717) is 26.6 Å². The highest BCUT2D eigenvalue weighted by atomic mass is 35.5. The summed E-state index contributed by atoms with van der Waals surface area (Å²) in [7, 11) is -4.54. The third-order valence-electron chi connectivity index (χ3n) is 7.02. The highest BCUT2D eigenvalue weighted by Gasteiger charge is 2.60. The van der Waals surface area contributed by atoms with E-state index >= 15 is 0 Å². The maximum atomic E-state index is 14.6. The molecule has 0 aliphatic carbocycles. The first-order valence-electron chi connectivity index (χ1n) is 12.9. The van der Waals surface area contributed by atoms with Gasteiger partial charge in [0.05, 0.1) is 16.1 Å². The molecule has 3 aromatic heterocycles. The number of rotatable bonds is 7. The van der Waals surface area contributed by atoms with Gasteiger partial charge in [-0.3, -0.25) is 14.8 Å². The second-order valence-electron chi connectivity index (χ2n) is 9.60. The molecule has 1 N–H and O–H groups in total. The summed E-state index contributed by atoms with van der Waals surface area (Å²) in [5.74, 6) is -0.956. The number of nitrogens with one attached hydrogen (secondary N) is 1. The maximum Gasteiger partial charge on any atom is 0.408 e. The monoisotopic (exact) mass is 618 g/mol. The number of fused-ring (bicyclic) bond motifs is 2. The van der Waals surface area contributed by atoms with E-state index in [2.05, 4.69) is 15.3 Å². The molecule has 1 unspecified atom stereocenters. The largest absolute Gasteiger partial charge is 0.422 e. The van der Waals surface area contributed by atoms with Gasteiger partial charge in [0.15, 0.2) is 0 Å². The number of hydrogen-bond acceptors (Lipinski definition) is 8. The standard InChI is InChI=1S/C30H23ClN4O5S2/c1-19-12-17-41-27(19)30(40-29(37)34-16-11-20-9-14-32-15-10-20)23-18-22(31)7-8-24(23)35(28(30)36)42(38,39)25-6-2-4-21-5-3-13-33-26(21)25/h2-10,12-15,17-18H,11,16H2,1H3,(H,34,37). The van der Waals surface area contributed by atoms with Crippen LogP contribution in [-0.2, 0) is 31.6 Å². The van der Waals surface area contributed by atoms with Gasteiger partial charge in [-0.15, -0.1) is 11.3 Å². The van der Waals surface area contributed by atoms with Gasteiger partial charge >= 0.3 is 6.09 Å². The number of pyridine rings is 2. The predicted molar refractivity (Wildman–Crippen MR) is 160 cm³/mol. The van der Waals surface area contributed by atoms with Gasteiger partial charge in [0.1, 0.15) is 4.90 Å². The van der Waals surface area contributed by atoms with Crippen LogP contribution in [0.5, 0.6) is 0 Å². The molecular formula is C30H23ClN4O5S2. The molecule has 9 nitrogen and oxygen atoms in total. The Morgan fingerprint density at radius 3 is 2.62 bits per heavy atom. The van der Waals surface area contributed by atoms with Crippen LogP contribution in [0.4, 0.5) is 10.5 Å². The number of hydrogen-bond donors (Lipinski definition) is 1. The predicted octanol–water partition coefficient (Wildman–Crippen LogP) is 5.60. The number of carbonyl (C=O) groups excluding carboxylic acids is 2. The van der Waals surface area contributed by atoms with Crippen molar-refractivity contribution >= 4 is 61.6 Å². The molecule has 1 aliphatic rings. The Morgan fingerprint density at radius 1 is 1.07 bits per heavy atom. The quantitative estimate of drug-likeness (QED) is 0.252. The van der Waals surface area contributed by atoms with Gasteiger partial charge in [-0.1, -0.05) is 29.8 Å². The number of halogens is 1. The number of aryl methyl sites for hydroxylation is 1. The van der Waals surface area contributed by atoms with E-state index in [1.54, 1.807) is 55.0 Å². The molecule has 6 rings (SSSR count). The van der Waals surface area contributed by atoms with Crippen LogP contribution >= 0.6 is 22.9 Å². The number of aromatic nitrogens is 2. The zero-order valence-corrected chi connectivity index (χ0v) is 24.5. The molecular weight excluding hydrogens is 596 g/mol. The number of thiophene rings is 1. The van der Waals surface area contributed by atoms with Crippen molar-refractivity contribution in [2.45, 2.75) is 23.8 Å². The number of amides is 2. The fourth-order valence-corrected chi connectivity index (χ4v) is 7.95. The Hall–Kier alpha value is -4.32. The number of nitrogens with zero attached hydrogens (tertiary/aromatic N) is 3. The zero-order valence-electron chi connectivity index (χ0n) is 22.2. The van der Waals surface area contributed by atoms with Crippen molar-refractivity contribution in [3.05, 3.63) is 117 Å². The van der Waals surface area contributed by atoms with Crippen LogP contribution in [0, 0.1) is 6.92 Å². The molecule has 0 saturated heterocycles. The number of carbonyl (C=O) groups is 2. The van der Waals surface area contributed by atoms with Crippen molar-refractivity contribution in [1.82, 2.24) is 15.3 Å². The van der Waals surface area contributed by atoms with Crippen LogP contribution in [0.15, 0.2) is 95.6 Å². The molecule has 0 spiro atoms. The normalized spacial score (nSPS) is 16.4. The van der Waals surface area contributed by atoms with Gasteiger partial charge in [-0.25, -0.2) is 13.2 Å². The summed E-state index contributed by atoms with van der Waals surface area (Å²) < 4.78 is 35.4. The maximum absolute atomic E-state index is 14.6. The van der Waals surface area contributed by atoms with Gasteiger partial charge in [0.25, 0.3) is 21.5 Å². The van der Waals surface area contributed by atoms with E-state index in [9.17, 15) is 18.0 Å². The smallest absolute Gasteiger partial charge is 0.408 e. The Morgan fingerprint density at radius 2 is 1.86 bits per heavy atom. The number of alkyl carbamates (subject to hydrolysis) is 1. The molecule has 42 heavy (non-hydrogen) atoms. The van der Waals surface area contributed by atoms with Crippen LogP contribution in [0.2, 0.25) is 5.02 Å². The van der Waals surface area contributed by atoms with Crippen LogP contribution in [0.25, 0.3) is 10.9 Å². The lowest BCUT2D eigenvalue weighted by molar-refractivity contribution is -0.131. The van der Waals surface area contributed by atoms with Gasteiger partial charge in [0, 0.05) is 41.1 Å². The number of ether oxygens (including phenoxy) is 1. The van der Waals surface area contributed by atoms with E-state index in [1.165, 1.54) is 41.8 Å². The van der Waals surface area contributed by atoms with E-state index in [4.69, 9.17) is 16.3 Å². The molecule has 0 radical (unpaired) electrons. The fraction of sp³-hybridized carbons (Fsp3) is 0.133. The van der Waals surface area contributed by atoms with E-state index in [0.717, 1.165) is 5.56 Å². The number of anilines is 1. The van der Waals surface area contributed by atoms with Crippen molar-refractivity contribution in [3.8, 4) is 0 Å². The highest BCUT2D eigenvalue weighted by Crippen LogP contribution is 2.52. The molecule has 2 amide bonds. The van der Waals surface area contributed by atoms with E-state index < -0.39 is 27.6 Å². The third-order valence-corrected chi connectivity index (χ3v) is 10.1. The van der Waals surface area contributed by atoms with Crippen LogP contribution in [0.1, 0.15) is 21.6 Å². The Kier molecular flexibility index (Phi) is 7.17. The topological polar surface area (TPSA) is 119 Å². The van der Waals surface area contributed by atoms with Crippen LogP contribution < -0.4 is 9.62 Å². The second kappa shape index (κ2) is 10.8. The Labute approximate surface area is 250 Å². The molecule has 4 heterocycles. The fourth-order valence-electron chi connectivity index (χ4n) is 5.09. The van der Waals surface area contributed by atoms with Crippen molar-refractivity contribution in [2.24, 2.45) is 0 Å². The van der Waals surface area contributed by atoms with Crippen molar-refractivity contribution in [3.63, 3.8) is 0 Å². The highest BCUT2D eigenvalue weighted by molar-refractivity contribution is 7.93. The summed E-state index contributed by atoms with van der Waals surface area (Å²) in [6, 6.07) is 18.0. The van der Waals surface area contributed by atoms with Crippen molar-refractivity contribution in [1.29, 1.82) is 0 Å². The average Bonchev–Trinajstić information content (AvgIpc) is 3.52. The molecule has 0 fully saturated rings. The molecule has 1 aliphatic heterocycles. The van der Waals surface area contributed by atoms with Gasteiger partial charge in [-0.2, -0.15) is 4.31 Å². The van der Waals surface area contributed by atoms with Gasteiger partial charge in [-0.05, 0) is 78.4 Å². The molecule has 12 heteroatoms. The van der Waals surface area contributed by atoms with Crippen molar-refractivity contribution in [2.75, 3.05) is 10.8 Å². The summed E-state index contributed by atoms with van der Waals surface area (Å²) in [6.07, 6.45) is 4.40. The zero-order chi connectivity index (χ0) is 29.5. The second-order valence-corrected chi connectivity index (χ2v) is 12.7. The minimum absolute atomic E-state index is 0.0368. The molecule has 212 valence electrons. The van der Waals surface area contributed by atoms with Crippen molar-refractivity contribution < 1.29 is 22.7 Å². The number of para-hydroxylation sites is 1. The first kappa shape index (κ1) is 27.8. The van der Waals surface area contributed by atoms with Gasteiger partial charge in [0.2, 0.25) is 0 Å². The van der Waals surface area contributed by atoms with E-state index in [-0.39, 0.29) is 33.2 Å². The first-order valence-corrected chi connectivity index (χ1v) is 15.6. The molecule has 1 atom stereocenters. The lowest BCUT2D eigenvalue weighted by atomic mass is 9.91. The summed E-state index contributed by atoms with van der Waals surface area (Å²) in [5, 5.41) is 5.28. The molecule has 0 bridgehead atoms.